The maximum atomic E-state index is 2.55. The smallest absolute Gasteiger partial charge is 0.0782 e. The molecular weight excluding hydrogens is 705 g/mol. The third-order valence-electron chi connectivity index (χ3n) is 12.3. The average Bonchev–Trinajstić information content (AvgIpc) is 4.00. The van der Waals surface area contributed by atoms with Crippen molar-refractivity contribution in [2.75, 3.05) is 0 Å². The third-order valence-corrected chi connectivity index (χ3v) is 12.3. The van der Waals surface area contributed by atoms with Gasteiger partial charge in [0.15, 0.2) is 0 Å². The molecule has 4 heterocycles. The van der Waals surface area contributed by atoms with E-state index in [4.69, 9.17) is 0 Å². The zero-order chi connectivity index (χ0) is 37.9. The molecule has 270 valence electrons. The lowest BCUT2D eigenvalue weighted by Gasteiger charge is -2.14. The van der Waals surface area contributed by atoms with Gasteiger partial charge in [-0.2, -0.15) is 0 Å². The van der Waals surface area contributed by atoms with Crippen molar-refractivity contribution in [3.05, 3.63) is 206 Å². The predicted octanol–water partition coefficient (Wildman–Crippen LogP) is 14.1. The monoisotopic (exact) mass is 738 g/mol. The van der Waals surface area contributed by atoms with Crippen LogP contribution in [0.25, 0.3) is 110 Å². The standard InChI is InChI=1S/C54H34N4/c1-4-17-35(18-5-1)55-46-27-13-11-24-39(46)42-31-52-44(33-50(42)55)45-34-51-43(40-25-12-14-28-47(40)56(51)36-19-6-2-7-20-36)32-53(45)58(52)49-30-16-26-41-38-23-10-15-29-48(38)57(54(41)49)37-21-8-3-9-22-37/h1-34H. The molecular formula is C54H34N4. The maximum absolute atomic E-state index is 2.55. The van der Waals surface area contributed by atoms with Crippen LogP contribution in [0.3, 0.4) is 0 Å². The minimum atomic E-state index is 1.14. The Labute approximate surface area is 333 Å². The minimum Gasteiger partial charge on any atom is -0.309 e. The molecule has 0 saturated carbocycles. The molecule has 0 aliphatic carbocycles. The molecule has 4 nitrogen and oxygen atoms in total. The molecule has 0 radical (unpaired) electrons. The Kier molecular flexibility index (Phi) is 6.41. The summed E-state index contributed by atoms with van der Waals surface area (Å²) in [7, 11) is 0. The number of para-hydroxylation sites is 7. The second-order valence-electron chi connectivity index (χ2n) is 15.3. The largest absolute Gasteiger partial charge is 0.309 e. The molecule has 58 heavy (non-hydrogen) atoms. The van der Waals surface area contributed by atoms with Crippen LogP contribution >= 0.6 is 0 Å². The second kappa shape index (κ2) is 11.8. The van der Waals surface area contributed by atoms with Crippen LogP contribution in [0.2, 0.25) is 0 Å². The second-order valence-corrected chi connectivity index (χ2v) is 15.3. The fraction of sp³-hybridized carbons (Fsp3) is 0. The van der Waals surface area contributed by atoms with Gasteiger partial charge in [-0.1, -0.05) is 121 Å². The molecule has 0 atom stereocenters. The number of benzene rings is 9. The molecule has 0 aliphatic heterocycles. The van der Waals surface area contributed by atoms with E-state index >= 15 is 0 Å². The van der Waals surface area contributed by atoms with Crippen LogP contribution in [0, 0.1) is 0 Å². The highest BCUT2D eigenvalue weighted by Gasteiger charge is 2.24. The quantitative estimate of drug-likeness (QED) is 0.171. The zero-order valence-corrected chi connectivity index (χ0v) is 31.4. The van der Waals surface area contributed by atoms with E-state index in [2.05, 4.69) is 225 Å². The molecule has 4 heteroatoms. The van der Waals surface area contributed by atoms with E-state index in [1.165, 1.54) is 87.2 Å². The molecule has 0 bridgehead atoms. The van der Waals surface area contributed by atoms with E-state index < -0.39 is 0 Å². The lowest BCUT2D eigenvalue weighted by atomic mass is 10.1. The van der Waals surface area contributed by atoms with Crippen LogP contribution in [0.5, 0.6) is 0 Å². The van der Waals surface area contributed by atoms with Gasteiger partial charge in [-0.3, -0.25) is 0 Å². The van der Waals surface area contributed by atoms with Crippen molar-refractivity contribution in [3.8, 4) is 22.7 Å². The number of nitrogens with zero attached hydrogens (tertiary/aromatic N) is 4. The number of rotatable bonds is 4. The summed E-state index contributed by atoms with van der Waals surface area (Å²) in [5, 5.41) is 9.85. The van der Waals surface area contributed by atoms with Crippen molar-refractivity contribution < 1.29 is 0 Å². The maximum Gasteiger partial charge on any atom is 0.0782 e. The van der Waals surface area contributed by atoms with Crippen LogP contribution < -0.4 is 0 Å². The molecule has 0 amide bonds. The molecule has 4 aromatic heterocycles. The van der Waals surface area contributed by atoms with Crippen LogP contribution in [0.4, 0.5) is 0 Å². The van der Waals surface area contributed by atoms with Gasteiger partial charge in [0.05, 0.1) is 49.8 Å². The van der Waals surface area contributed by atoms with E-state index in [1.54, 1.807) is 0 Å². The molecule has 0 N–H and O–H groups in total. The molecule has 0 saturated heterocycles. The summed E-state index contributed by atoms with van der Waals surface area (Å²) in [6.45, 7) is 0. The van der Waals surface area contributed by atoms with Crippen molar-refractivity contribution in [2.24, 2.45) is 0 Å². The van der Waals surface area contributed by atoms with Gasteiger partial charge in [-0.25, -0.2) is 0 Å². The number of hydrogen-bond acceptors (Lipinski definition) is 0. The summed E-state index contributed by atoms with van der Waals surface area (Å²) in [6, 6.07) is 75.5. The van der Waals surface area contributed by atoms with E-state index in [0.717, 1.165) is 22.7 Å². The Bertz CT molecular complexity index is 3600. The fourth-order valence-electron chi connectivity index (χ4n) is 9.93. The highest BCUT2D eigenvalue weighted by Crippen LogP contribution is 2.45. The van der Waals surface area contributed by atoms with Crippen LogP contribution in [-0.4, -0.2) is 18.3 Å². The minimum absolute atomic E-state index is 1.14. The van der Waals surface area contributed by atoms with E-state index in [-0.39, 0.29) is 0 Å². The summed E-state index contributed by atoms with van der Waals surface area (Å²) >= 11 is 0. The number of fused-ring (bicyclic) bond motifs is 12. The highest BCUT2D eigenvalue weighted by atomic mass is 15.1. The summed E-state index contributed by atoms with van der Waals surface area (Å²) in [4.78, 5) is 0. The van der Waals surface area contributed by atoms with Crippen LogP contribution in [-0.2, 0) is 0 Å². The summed E-state index contributed by atoms with van der Waals surface area (Å²) in [5.41, 5.74) is 14.1. The van der Waals surface area contributed by atoms with E-state index in [9.17, 15) is 0 Å². The summed E-state index contributed by atoms with van der Waals surface area (Å²) in [6.07, 6.45) is 0. The van der Waals surface area contributed by atoms with Gasteiger partial charge in [0.25, 0.3) is 0 Å². The van der Waals surface area contributed by atoms with Gasteiger partial charge < -0.3 is 18.3 Å². The topological polar surface area (TPSA) is 19.7 Å². The Morgan fingerprint density at radius 1 is 0.207 bits per heavy atom. The zero-order valence-electron chi connectivity index (χ0n) is 31.4. The molecule has 0 unspecified atom stereocenters. The molecule has 9 aromatic carbocycles. The highest BCUT2D eigenvalue weighted by molar-refractivity contribution is 6.23. The van der Waals surface area contributed by atoms with Gasteiger partial charge in [-0.05, 0) is 84.9 Å². The summed E-state index contributed by atoms with van der Waals surface area (Å²) in [5.74, 6) is 0. The van der Waals surface area contributed by atoms with Gasteiger partial charge in [-0.15, -0.1) is 0 Å². The molecule has 13 aromatic rings. The Morgan fingerprint density at radius 3 is 1.00 bits per heavy atom. The normalized spacial score (nSPS) is 12.1. The van der Waals surface area contributed by atoms with Crippen molar-refractivity contribution >= 4 is 87.2 Å². The van der Waals surface area contributed by atoms with Crippen molar-refractivity contribution in [2.45, 2.75) is 0 Å². The van der Waals surface area contributed by atoms with Crippen molar-refractivity contribution in [1.29, 1.82) is 0 Å². The van der Waals surface area contributed by atoms with E-state index in [1.807, 2.05) is 0 Å². The van der Waals surface area contributed by atoms with Gasteiger partial charge in [0.1, 0.15) is 0 Å². The van der Waals surface area contributed by atoms with Gasteiger partial charge >= 0.3 is 0 Å². The number of aromatic nitrogens is 4. The lowest BCUT2D eigenvalue weighted by Crippen LogP contribution is -2.00. The Balaban J connectivity index is 1.26. The van der Waals surface area contributed by atoms with Gasteiger partial charge in [0, 0.05) is 60.2 Å². The first-order valence-electron chi connectivity index (χ1n) is 20.0. The SMILES string of the molecule is c1ccc(-n2c3ccccc3c3cc4c(cc32)c2cc3c(cc2n4-c2cccc4c5ccccc5n(-c5ccccc5)c24)c2ccccc2n3-c2ccccc2)cc1. The lowest BCUT2D eigenvalue weighted by molar-refractivity contribution is 1.13. The third kappa shape index (κ3) is 4.23. The number of hydrogen-bond donors (Lipinski definition) is 0. The molecule has 0 aliphatic rings. The Hall–Kier alpha value is -7.82. The molecule has 13 rings (SSSR count). The fourth-order valence-corrected chi connectivity index (χ4v) is 9.93. The summed E-state index contributed by atoms with van der Waals surface area (Å²) < 4.78 is 9.87. The first-order chi connectivity index (χ1) is 28.8. The predicted molar refractivity (Wildman–Crippen MR) is 244 cm³/mol. The van der Waals surface area contributed by atoms with Crippen molar-refractivity contribution in [1.82, 2.24) is 18.3 Å². The first kappa shape index (κ1) is 31.4. The molecule has 0 spiro atoms. The van der Waals surface area contributed by atoms with E-state index in [0.29, 0.717) is 0 Å². The van der Waals surface area contributed by atoms with Crippen LogP contribution in [0.1, 0.15) is 0 Å². The Morgan fingerprint density at radius 2 is 0.534 bits per heavy atom. The molecule has 0 fully saturated rings. The average molecular weight is 739 g/mol. The van der Waals surface area contributed by atoms with Crippen molar-refractivity contribution in [3.63, 3.8) is 0 Å². The first-order valence-corrected chi connectivity index (χ1v) is 20.0. The van der Waals surface area contributed by atoms with Gasteiger partial charge in [0.2, 0.25) is 0 Å². The van der Waals surface area contributed by atoms with Crippen LogP contribution in [0.15, 0.2) is 206 Å².